The second-order valence-electron chi connectivity index (χ2n) is 7.75. The Morgan fingerprint density at radius 2 is 1.84 bits per heavy atom. The number of aromatic nitrogens is 2. The molecule has 2 heterocycles. The van der Waals surface area contributed by atoms with Crippen LogP contribution in [0.25, 0.3) is 0 Å². The van der Waals surface area contributed by atoms with Crippen molar-refractivity contribution in [3.8, 4) is 0 Å². The van der Waals surface area contributed by atoms with Gasteiger partial charge in [-0.25, -0.2) is 22.9 Å². The van der Waals surface area contributed by atoms with E-state index in [1.165, 1.54) is 0 Å². The van der Waals surface area contributed by atoms with Crippen molar-refractivity contribution in [2.45, 2.75) is 51.1 Å². The van der Waals surface area contributed by atoms with Crippen molar-refractivity contribution >= 4 is 5.97 Å². The Hall–Kier alpha value is -2.60. The predicted octanol–water partition coefficient (Wildman–Crippen LogP) is 3.27. The number of imidazole rings is 1. The van der Waals surface area contributed by atoms with Gasteiger partial charge in [0.15, 0.2) is 17.3 Å². The predicted molar refractivity (Wildman–Crippen MR) is 101 cm³/mol. The number of hydrogen-bond donors (Lipinski definition) is 1. The van der Waals surface area contributed by atoms with Gasteiger partial charge in [-0.1, -0.05) is 0 Å². The summed E-state index contributed by atoms with van der Waals surface area (Å²) < 4.78 is 85.9. The third-order valence-electron chi connectivity index (χ3n) is 5.51. The monoisotopic (exact) mass is 464 g/mol. The molecule has 1 aromatic carbocycles. The molecule has 2 aromatic rings. The summed E-state index contributed by atoms with van der Waals surface area (Å²) in [5, 5.41) is 0. The quantitative estimate of drug-likeness (QED) is 0.404. The van der Waals surface area contributed by atoms with Gasteiger partial charge >= 0.3 is 12.1 Å². The smallest absolute Gasteiger partial charge is 0.449 e. The molecule has 0 saturated carbocycles. The molecule has 0 amide bonds. The van der Waals surface area contributed by atoms with Crippen LogP contribution >= 0.6 is 0 Å². The highest BCUT2D eigenvalue weighted by Gasteiger charge is 2.41. The molecule has 0 spiro atoms. The van der Waals surface area contributed by atoms with Crippen LogP contribution in [0.3, 0.4) is 0 Å². The number of halogens is 6. The minimum atomic E-state index is -4.73. The molecule has 0 aliphatic carbocycles. The molecule has 0 radical (unpaired) electrons. The second-order valence-corrected chi connectivity index (χ2v) is 7.75. The lowest BCUT2D eigenvalue weighted by molar-refractivity contribution is -0.147. The van der Waals surface area contributed by atoms with Crippen LogP contribution in [0.2, 0.25) is 0 Å². The summed E-state index contributed by atoms with van der Waals surface area (Å²) >= 11 is 0. The molecule has 2 atom stereocenters. The van der Waals surface area contributed by atoms with Crippen molar-refractivity contribution in [1.82, 2.24) is 14.5 Å². The lowest BCUT2D eigenvalue weighted by atomic mass is 9.99. The van der Waals surface area contributed by atoms with Crippen molar-refractivity contribution in [2.24, 2.45) is 5.73 Å². The summed E-state index contributed by atoms with van der Waals surface area (Å²) in [6.07, 6.45) is -4.48. The molecule has 32 heavy (non-hydrogen) atoms. The lowest BCUT2D eigenvalue weighted by Crippen LogP contribution is -2.43. The number of esters is 1. The Balaban J connectivity index is 1.74. The zero-order valence-electron chi connectivity index (χ0n) is 17.3. The third kappa shape index (κ3) is 4.90. The van der Waals surface area contributed by atoms with E-state index in [0.29, 0.717) is 12.5 Å². The summed E-state index contributed by atoms with van der Waals surface area (Å²) in [6, 6.07) is 0.332. The van der Waals surface area contributed by atoms with E-state index in [9.17, 15) is 31.1 Å². The highest BCUT2D eigenvalue weighted by molar-refractivity contribution is 5.88. The number of ether oxygens (including phenoxy) is 1. The molecule has 12 heteroatoms. The summed E-state index contributed by atoms with van der Waals surface area (Å²) in [6.45, 7) is 1.98. The number of methoxy groups -OCH3 is 1. The number of benzene rings is 1. The SMILES string of the molecule is COC(=O)c1nc(C(F)(F)F)n2c1CN([C@H](C)C[C@H](N)Cc1cc(F)c(F)cc1F)CC2. The number of alkyl halides is 3. The van der Waals surface area contributed by atoms with Crippen molar-refractivity contribution in [3.63, 3.8) is 0 Å². The molecule has 0 unspecified atom stereocenters. The van der Waals surface area contributed by atoms with E-state index in [2.05, 4.69) is 9.72 Å². The standard InChI is InChI=1S/C20H22F6N4O2/c1-10(5-12(27)6-11-7-14(22)15(23)8-13(11)21)29-3-4-30-16(9-29)17(18(31)32-2)28-19(30)20(24,25)26/h7-8,10,12H,3-6,9,27H2,1-2H3/t10-,12+/m1/s1. The zero-order chi connectivity index (χ0) is 23.8. The van der Waals surface area contributed by atoms with Gasteiger partial charge < -0.3 is 15.0 Å². The van der Waals surface area contributed by atoms with Gasteiger partial charge in [0.2, 0.25) is 5.82 Å². The van der Waals surface area contributed by atoms with Gasteiger partial charge in [-0.05, 0) is 31.4 Å². The van der Waals surface area contributed by atoms with Crippen molar-refractivity contribution in [1.29, 1.82) is 0 Å². The van der Waals surface area contributed by atoms with Crippen LogP contribution in [0.5, 0.6) is 0 Å². The number of rotatable bonds is 6. The van der Waals surface area contributed by atoms with Crippen LogP contribution in [-0.2, 0) is 30.4 Å². The summed E-state index contributed by atoms with van der Waals surface area (Å²) in [4.78, 5) is 17.3. The molecule has 6 nitrogen and oxygen atoms in total. The maximum absolute atomic E-state index is 13.9. The first-order chi connectivity index (χ1) is 14.9. The lowest BCUT2D eigenvalue weighted by Gasteiger charge is -2.35. The Morgan fingerprint density at radius 3 is 2.47 bits per heavy atom. The maximum Gasteiger partial charge on any atom is 0.449 e. The molecule has 176 valence electrons. The van der Waals surface area contributed by atoms with E-state index in [1.807, 2.05) is 4.90 Å². The third-order valence-corrected chi connectivity index (χ3v) is 5.51. The number of nitrogens with two attached hydrogens (primary N) is 1. The summed E-state index contributed by atoms with van der Waals surface area (Å²) in [5.74, 6) is -5.51. The van der Waals surface area contributed by atoms with E-state index < -0.39 is 47.2 Å². The van der Waals surface area contributed by atoms with Crippen molar-refractivity contribution in [2.75, 3.05) is 13.7 Å². The molecular formula is C20H22F6N4O2. The molecule has 3 rings (SSSR count). The van der Waals surface area contributed by atoms with Gasteiger partial charge in [0.05, 0.1) is 12.8 Å². The van der Waals surface area contributed by atoms with E-state index in [4.69, 9.17) is 5.73 Å². The van der Waals surface area contributed by atoms with Crippen LogP contribution in [0.1, 0.15) is 40.9 Å². The largest absolute Gasteiger partial charge is 0.464 e. The molecule has 2 N–H and O–H groups in total. The Bertz CT molecular complexity index is 1010. The van der Waals surface area contributed by atoms with Gasteiger partial charge in [0.25, 0.3) is 0 Å². The van der Waals surface area contributed by atoms with Crippen LogP contribution in [-0.4, -0.2) is 46.2 Å². The van der Waals surface area contributed by atoms with E-state index in [-0.39, 0.29) is 43.4 Å². The van der Waals surface area contributed by atoms with Gasteiger partial charge in [0, 0.05) is 37.8 Å². The molecule has 1 aromatic heterocycles. The first-order valence-corrected chi connectivity index (χ1v) is 9.80. The number of carbonyl (C=O) groups excluding carboxylic acids is 1. The number of hydrogen-bond acceptors (Lipinski definition) is 5. The molecule has 0 bridgehead atoms. The summed E-state index contributed by atoms with van der Waals surface area (Å²) in [5.41, 5.74) is 5.70. The molecule has 0 fully saturated rings. The normalized spacial score (nSPS) is 16.5. The van der Waals surface area contributed by atoms with E-state index >= 15 is 0 Å². The first kappa shape index (κ1) is 24.1. The van der Waals surface area contributed by atoms with E-state index in [0.717, 1.165) is 17.7 Å². The van der Waals surface area contributed by atoms with Crippen LogP contribution < -0.4 is 5.73 Å². The Morgan fingerprint density at radius 1 is 1.19 bits per heavy atom. The first-order valence-electron chi connectivity index (χ1n) is 9.80. The van der Waals surface area contributed by atoms with Crippen molar-refractivity contribution in [3.05, 3.63) is 52.4 Å². The minimum Gasteiger partial charge on any atom is -0.464 e. The fourth-order valence-electron chi connectivity index (χ4n) is 3.91. The van der Waals surface area contributed by atoms with Crippen LogP contribution in [0, 0.1) is 17.5 Å². The molecule has 1 aliphatic rings. The van der Waals surface area contributed by atoms with Gasteiger partial charge in [-0.3, -0.25) is 4.90 Å². The zero-order valence-corrected chi connectivity index (χ0v) is 17.3. The van der Waals surface area contributed by atoms with Gasteiger partial charge in [0.1, 0.15) is 5.82 Å². The topological polar surface area (TPSA) is 73.4 Å². The molecular weight excluding hydrogens is 442 g/mol. The highest BCUT2D eigenvalue weighted by atomic mass is 19.4. The number of fused-ring (bicyclic) bond motifs is 1. The highest BCUT2D eigenvalue weighted by Crippen LogP contribution is 2.33. The molecule has 0 saturated heterocycles. The average Bonchev–Trinajstić information content (AvgIpc) is 3.10. The van der Waals surface area contributed by atoms with Crippen LogP contribution in [0.4, 0.5) is 26.3 Å². The van der Waals surface area contributed by atoms with E-state index in [1.54, 1.807) is 6.92 Å². The van der Waals surface area contributed by atoms with Gasteiger partial charge in [-0.15, -0.1) is 0 Å². The fourth-order valence-corrected chi connectivity index (χ4v) is 3.91. The number of carbonyl (C=O) groups is 1. The molecule has 1 aliphatic heterocycles. The summed E-state index contributed by atoms with van der Waals surface area (Å²) in [7, 11) is 1.06. The average molecular weight is 464 g/mol. The van der Waals surface area contributed by atoms with Crippen molar-refractivity contribution < 1.29 is 35.9 Å². The Labute approximate surface area is 180 Å². The minimum absolute atomic E-state index is 0.000930. The van der Waals surface area contributed by atoms with Crippen LogP contribution in [0.15, 0.2) is 12.1 Å². The second kappa shape index (κ2) is 9.10. The fraction of sp³-hybridized carbons (Fsp3) is 0.500. The maximum atomic E-state index is 13.9. The number of nitrogens with zero attached hydrogens (tertiary/aromatic N) is 3. The Kier molecular flexibility index (Phi) is 6.84. The van der Waals surface area contributed by atoms with Gasteiger partial charge in [-0.2, -0.15) is 13.2 Å².